The standard InChI is InChI=1S/C16H23NO4/c1-10(2)8-12-4-6-13(7-5-12)11(3)16(20)21-9-14(17)15(18)19/h4-7,10-11,14H,8-9,17H2,1-3H3,(H,18,19)/p+1/t11?,14-/m0/s1. The highest BCUT2D eigenvalue weighted by Gasteiger charge is 2.22. The van der Waals surface area contributed by atoms with Crippen molar-refractivity contribution >= 4 is 11.9 Å². The summed E-state index contributed by atoms with van der Waals surface area (Å²) in [5.74, 6) is -1.34. The molecule has 2 atom stereocenters. The zero-order valence-electron chi connectivity index (χ0n) is 12.8. The number of benzene rings is 1. The van der Waals surface area contributed by atoms with E-state index in [1.54, 1.807) is 6.92 Å². The average Bonchev–Trinajstić information content (AvgIpc) is 2.43. The fraction of sp³-hybridized carbons (Fsp3) is 0.500. The van der Waals surface area contributed by atoms with Crippen LogP contribution in [0.2, 0.25) is 0 Å². The SMILES string of the molecule is CC(C)Cc1ccc(C(C)C(=O)OC[C@H]([NH3+])C(=O)O)cc1. The van der Waals surface area contributed by atoms with E-state index in [0.717, 1.165) is 12.0 Å². The number of carbonyl (C=O) groups is 2. The van der Waals surface area contributed by atoms with E-state index in [9.17, 15) is 9.59 Å². The van der Waals surface area contributed by atoms with Gasteiger partial charge in [0, 0.05) is 0 Å². The predicted octanol–water partition coefficient (Wildman–Crippen LogP) is 1.23. The fourth-order valence-corrected chi connectivity index (χ4v) is 1.93. The first kappa shape index (κ1) is 17.2. The maximum Gasteiger partial charge on any atom is 0.366 e. The van der Waals surface area contributed by atoms with Gasteiger partial charge in [0.25, 0.3) is 0 Å². The molecule has 0 heterocycles. The van der Waals surface area contributed by atoms with Crippen LogP contribution in [0, 0.1) is 5.92 Å². The molecule has 21 heavy (non-hydrogen) atoms. The van der Waals surface area contributed by atoms with Crippen molar-refractivity contribution in [2.75, 3.05) is 6.61 Å². The third-order valence-corrected chi connectivity index (χ3v) is 3.25. The summed E-state index contributed by atoms with van der Waals surface area (Å²) >= 11 is 0. The second-order valence-electron chi connectivity index (χ2n) is 5.73. The van der Waals surface area contributed by atoms with Crippen LogP contribution in [0.4, 0.5) is 0 Å². The molecule has 0 spiro atoms. The molecule has 1 rings (SSSR count). The zero-order valence-corrected chi connectivity index (χ0v) is 12.8. The normalized spacial score (nSPS) is 13.8. The Hall–Kier alpha value is -1.88. The van der Waals surface area contributed by atoms with Crippen LogP contribution in [-0.2, 0) is 20.7 Å². The summed E-state index contributed by atoms with van der Waals surface area (Å²) < 4.78 is 4.99. The van der Waals surface area contributed by atoms with Gasteiger partial charge in [0.15, 0.2) is 6.61 Å². The molecule has 0 saturated carbocycles. The number of hydrogen-bond donors (Lipinski definition) is 2. The molecule has 5 nitrogen and oxygen atoms in total. The van der Waals surface area contributed by atoms with E-state index in [-0.39, 0.29) is 6.61 Å². The molecule has 1 aromatic rings. The van der Waals surface area contributed by atoms with Crippen LogP contribution in [0.1, 0.15) is 37.8 Å². The minimum absolute atomic E-state index is 0.204. The number of carboxylic acids is 1. The highest BCUT2D eigenvalue weighted by Crippen LogP contribution is 2.18. The number of carboxylic acid groups (broad SMARTS) is 1. The zero-order chi connectivity index (χ0) is 16.0. The minimum atomic E-state index is -1.08. The Kier molecular flexibility index (Phi) is 6.37. The molecule has 0 radical (unpaired) electrons. The summed E-state index contributed by atoms with van der Waals surface area (Å²) in [7, 11) is 0. The predicted molar refractivity (Wildman–Crippen MR) is 78.7 cm³/mol. The van der Waals surface area contributed by atoms with Gasteiger partial charge >= 0.3 is 11.9 Å². The van der Waals surface area contributed by atoms with Gasteiger partial charge in [0.2, 0.25) is 6.04 Å². The van der Waals surface area contributed by atoms with Gasteiger partial charge in [-0.3, -0.25) is 4.79 Å². The Morgan fingerprint density at radius 3 is 2.24 bits per heavy atom. The molecule has 0 aliphatic rings. The molecule has 116 valence electrons. The minimum Gasteiger partial charge on any atom is -0.477 e. The van der Waals surface area contributed by atoms with Crippen molar-refractivity contribution in [1.29, 1.82) is 0 Å². The van der Waals surface area contributed by atoms with E-state index in [0.29, 0.717) is 5.92 Å². The summed E-state index contributed by atoms with van der Waals surface area (Å²) in [4.78, 5) is 22.5. The molecule has 0 saturated heterocycles. The summed E-state index contributed by atoms with van der Waals surface area (Å²) in [5, 5.41) is 8.70. The topological polar surface area (TPSA) is 91.2 Å². The van der Waals surface area contributed by atoms with Crippen LogP contribution < -0.4 is 5.73 Å². The van der Waals surface area contributed by atoms with Crippen LogP contribution in [-0.4, -0.2) is 29.7 Å². The number of esters is 1. The van der Waals surface area contributed by atoms with Crippen LogP contribution in [0.15, 0.2) is 24.3 Å². The molecule has 0 aliphatic carbocycles. The molecule has 5 heteroatoms. The smallest absolute Gasteiger partial charge is 0.366 e. The van der Waals surface area contributed by atoms with E-state index in [2.05, 4.69) is 19.6 Å². The van der Waals surface area contributed by atoms with Gasteiger partial charge in [0.1, 0.15) is 0 Å². The van der Waals surface area contributed by atoms with Crippen molar-refractivity contribution in [3.63, 3.8) is 0 Å². The molecule has 1 unspecified atom stereocenters. The summed E-state index contributed by atoms with van der Waals surface area (Å²) in [5.41, 5.74) is 5.50. The van der Waals surface area contributed by atoms with Gasteiger partial charge in [-0.2, -0.15) is 0 Å². The third kappa shape index (κ3) is 5.55. The van der Waals surface area contributed by atoms with Crippen LogP contribution in [0.5, 0.6) is 0 Å². The van der Waals surface area contributed by atoms with E-state index < -0.39 is 23.9 Å². The Labute approximate surface area is 125 Å². The van der Waals surface area contributed by atoms with Gasteiger partial charge in [0.05, 0.1) is 5.92 Å². The molecule has 0 fully saturated rings. The lowest BCUT2D eigenvalue weighted by atomic mass is 9.97. The second-order valence-corrected chi connectivity index (χ2v) is 5.73. The lowest BCUT2D eigenvalue weighted by Crippen LogP contribution is -2.67. The third-order valence-electron chi connectivity index (χ3n) is 3.25. The van der Waals surface area contributed by atoms with E-state index in [1.165, 1.54) is 5.56 Å². The summed E-state index contributed by atoms with van der Waals surface area (Å²) in [6.45, 7) is 5.86. The maximum absolute atomic E-state index is 11.9. The van der Waals surface area contributed by atoms with Gasteiger partial charge in [-0.25, -0.2) is 4.79 Å². The lowest BCUT2D eigenvalue weighted by Gasteiger charge is -2.13. The Morgan fingerprint density at radius 1 is 1.19 bits per heavy atom. The van der Waals surface area contributed by atoms with Gasteiger partial charge in [-0.1, -0.05) is 38.1 Å². The van der Waals surface area contributed by atoms with E-state index in [1.807, 2.05) is 24.3 Å². The second kappa shape index (κ2) is 7.78. The van der Waals surface area contributed by atoms with Crippen LogP contribution >= 0.6 is 0 Å². The first-order valence-corrected chi connectivity index (χ1v) is 7.12. The lowest BCUT2D eigenvalue weighted by molar-refractivity contribution is -0.412. The molecular formula is C16H24NO4+. The summed E-state index contributed by atoms with van der Waals surface area (Å²) in [6.07, 6.45) is 1.00. The number of aliphatic carboxylic acids is 1. The van der Waals surface area contributed by atoms with Crippen LogP contribution in [0.3, 0.4) is 0 Å². The molecule has 0 bridgehead atoms. The average molecular weight is 294 g/mol. The highest BCUT2D eigenvalue weighted by atomic mass is 16.5. The monoisotopic (exact) mass is 294 g/mol. The van der Waals surface area contributed by atoms with Crippen molar-refractivity contribution in [2.45, 2.75) is 39.2 Å². The number of rotatable bonds is 7. The van der Waals surface area contributed by atoms with E-state index in [4.69, 9.17) is 9.84 Å². The van der Waals surface area contributed by atoms with Gasteiger partial charge in [-0.15, -0.1) is 0 Å². The Balaban J connectivity index is 2.59. The van der Waals surface area contributed by atoms with Crippen molar-refractivity contribution in [3.05, 3.63) is 35.4 Å². The Morgan fingerprint density at radius 2 is 1.76 bits per heavy atom. The molecular weight excluding hydrogens is 270 g/mol. The number of quaternary nitrogens is 1. The van der Waals surface area contributed by atoms with Crippen molar-refractivity contribution < 1.29 is 25.2 Å². The van der Waals surface area contributed by atoms with Crippen LogP contribution in [0.25, 0.3) is 0 Å². The molecule has 0 aliphatic heterocycles. The molecule has 1 aromatic carbocycles. The first-order valence-electron chi connectivity index (χ1n) is 7.12. The van der Waals surface area contributed by atoms with Gasteiger partial charge in [-0.05, 0) is 30.4 Å². The number of carbonyl (C=O) groups excluding carboxylic acids is 1. The fourth-order valence-electron chi connectivity index (χ4n) is 1.93. The van der Waals surface area contributed by atoms with Gasteiger partial charge < -0.3 is 15.6 Å². The molecule has 0 aromatic heterocycles. The van der Waals surface area contributed by atoms with E-state index >= 15 is 0 Å². The van der Waals surface area contributed by atoms with Crippen molar-refractivity contribution in [1.82, 2.24) is 0 Å². The number of hydrogen-bond acceptors (Lipinski definition) is 3. The quantitative estimate of drug-likeness (QED) is 0.740. The molecule has 4 N–H and O–H groups in total. The maximum atomic E-state index is 11.9. The number of ether oxygens (including phenoxy) is 1. The van der Waals surface area contributed by atoms with Crippen molar-refractivity contribution in [3.8, 4) is 0 Å². The Bertz CT molecular complexity index is 482. The summed E-state index contributed by atoms with van der Waals surface area (Å²) in [6, 6.07) is 6.93. The largest absolute Gasteiger partial charge is 0.477 e. The van der Waals surface area contributed by atoms with Crippen molar-refractivity contribution in [2.24, 2.45) is 5.92 Å². The first-order chi connectivity index (χ1) is 9.81. The molecule has 0 amide bonds. The highest BCUT2D eigenvalue weighted by molar-refractivity contribution is 5.78.